The molecule has 0 fully saturated rings. The van der Waals surface area contributed by atoms with Gasteiger partial charge in [-0.15, -0.1) is 11.8 Å². The highest BCUT2D eigenvalue weighted by atomic mass is 32.2. The number of nitrogens with one attached hydrogen (secondary N) is 1. The molecule has 2 aromatic rings. The van der Waals surface area contributed by atoms with Crippen LogP contribution in [0.15, 0.2) is 35.5 Å². The Hall–Kier alpha value is -1.55. The molecular formula is C16H21N3S. The second-order valence-electron chi connectivity index (χ2n) is 4.82. The maximum atomic E-state index is 4.60. The molecule has 20 heavy (non-hydrogen) atoms. The molecule has 0 atom stereocenters. The van der Waals surface area contributed by atoms with Gasteiger partial charge in [0.15, 0.2) is 0 Å². The van der Waals surface area contributed by atoms with E-state index in [9.17, 15) is 0 Å². The molecule has 0 aliphatic rings. The van der Waals surface area contributed by atoms with Gasteiger partial charge in [0.1, 0.15) is 5.03 Å². The zero-order chi connectivity index (χ0) is 14.4. The summed E-state index contributed by atoms with van der Waals surface area (Å²) in [5, 5.41) is 4.29. The third-order valence-corrected chi connectivity index (χ3v) is 4.23. The molecule has 3 nitrogen and oxygen atoms in total. The van der Waals surface area contributed by atoms with Gasteiger partial charge in [0, 0.05) is 18.5 Å². The molecule has 2 rings (SSSR count). The summed E-state index contributed by atoms with van der Waals surface area (Å²) < 4.78 is 0. The second-order valence-corrected chi connectivity index (χ2v) is 5.79. The van der Waals surface area contributed by atoms with Crippen molar-refractivity contribution in [1.29, 1.82) is 0 Å². The van der Waals surface area contributed by atoms with Crippen LogP contribution in [0, 0.1) is 13.8 Å². The van der Waals surface area contributed by atoms with Crippen molar-refractivity contribution in [2.45, 2.75) is 38.0 Å². The van der Waals surface area contributed by atoms with Gasteiger partial charge in [0.2, 0.25) is 5.95 Å². The van der Waals surface area contributed by atoms with Crippen LogP contribution in [0.3, 0.4) is 0 Å². The van der Waals surface area contributed by atoms with E-state index in [1.165, 1.54) is 11.1 Å². The average molecular weight is 287 g/mol. The summed E-state index contributed by atoms with van der Waals surface area (Å²) in [4.78, 5) is 8.91. The van der Waals surface area contributed by atoms with Crippen molar-refractivity contribution in [1.82, 2.24) is 9.97 Å². The predicted octanol–water partition coefficient (Wildman–Crippen LogP) is 4.21. The van der Waals surface area contributed by atoms with Gasteiger partial charge in [-0.1, -0.05) is 31.2 Å². The highest BCUT2D eigenvalue weighted by molar-refractivity contribution is 7.98. The third-order valence-electron chi connectivity index (χ3n) is 3.08. The van der Waals surface area contributed by atoms with E-state index < -0.39 is 0 Å². The Kier molecular flexibility index (Phi) is 5.41. The van der Waals surface area contributed by atoms with E-state index >= 15 is 0 Å². The van der Waals surface area contributed by atoms with Gasteiger partial charge < -0.3 is 5.32 Å². The lowest BCUT2D eigenvalue weighted by atomic mass is 10.1. The Morgan fingerprint density at radius 1 is 1.15 bits per heavy atom. The largest absolute Gasteiger partial charge is 0.354 e. The predicted molar refractivity (Wildman–Crippen MR) is 86.3 cm³/mol. The number of benzene rings is 1. The van der Waals surface area contributed by atoms with Crippen LogP contribution in [0.2, 0.25) is 0 Å². The summed E-state index contributed by atoms with van der Waals surface area (Å²) in [6.07, 6.45) is 2.97. The lowest BCUT2D eigenvalue weighted by Crippen LogP contribution is -2.05. The monoisotopic (exact) mass is 287 g/mol. The van der Waals surface area contributed by atoms with Gasteiger partial charge in [-0.25, -0.2) is 9.97 Å². The van der Waals surface area contributed by atoms with Gasteiger partial charge in [-0.05, 0) is 37.0 Å². The topological polar surface area (TPSA) is 37.8 Å². The van der Waals surface area contributed by atoms with Crippen LogP contribution in [-0.4, -0.2) is 16.5 Å². The molecule has 0 aliphatic carbocycles. The molecule has 0 aliphatic heterocycles. The smallest absolute Gasteiger partial charge is 0.223 e. The van der Waals surface area contributed by atoms with Crippen molar-refractivity contribution in [2.75, 3.05) is 11.9 Å². The maximum absolute atomic E-state index is 4.60. The minimum Gasteiger partial charge on any atom is -0.354 e. The van der Waals surface area contributed by atoms with Crippen molar-refractivity contribution < 1.29 is 0 Å². The number of hydrogen-bond donors (Lipinski definition) is 1. The average Bonchev–Trinajstić information content (AvgIpc) is 2.46. The Balaban J connectivity index is 2.07. The molecule has 0 spiro atoms. The van der Waals surface area contributed by atoms with E-state index in [1.807, 2.05) is 6.20 Å². The molecule has 0 radical (unpaired) electrons. The Labute approximate surface area is 125 Å². The number of anilines is 1. The summed E-state index contributed by atoms with van der Waals surface area (Å²) in [7, 11) is 0. The van der Waals surface area contributed by atoms with Gasteiger partial charge in [0.25, 0.3) is 0 Å². The fraction of sp³-hybridized carbons (Fsp3) is 0.375. The van der Waals surface area contributed by atoms with Crippen LogP contribution in [0.4, 0.5) is 5.95 Å². The van der Waals surface area contributed by atoms with Gasteiger partial charge >= 0.3 is 0 Å². The molecule has 106 valence electrons. The highest BCUT2D eigenvalue weighted by Crippen LogP contribution is 2.25. The number of aromatic nitrogens is 2. The minimum absolute atomic E-state index is 0.727. The SMILES string of the molecule is CCCNc1ncc(C)c(SCc2ccccc2C)n1. The first-order valence-electron chi connectivity index (χ1n) is 6.95. The van der Waals surface area contributed by atoms with E-state index in [2.05, 4.69) is 60.3 Å². The summed E-state index contributed by atoms with van der Waals surface area (Å²) in [5.41, 5.74) is 3.82. The van der Waals surface area contributed by atoms with E-state index in [0.29, 0.717) is 0 Å². The van der Waals surface area contributed by atoms with Crippen LogP contribution in [-0.2, 0) is 5.75 Å². The molecule has 1 N–H and O–H groups in total. The number of nitrogens with zero attached hydrogens (tertiary/aromatic N) is 2. The number of aryl methyl sites for hydroxylation is 2. The fourth-order valence-electron chi connectivity index (χ4n) is 1.81. The van der Waals surface area contributed by atoms with Crippen LogP contribution < -0.4 is 5.32 Å². The number of rotatable bonds is 6. The summed E-state index contributed by atoms with van der Waals surface area (Å²) >= 11 is 1.77. The summed E-state index contributed by atoms with van der Waals surface area (Å²) in [6.45, 7) is 7.25. The molecule has 4 heteroatoms. The first kappa shape index (κ1) is 14.9. The molecule has 1 heterocycles. The van der Waals surface area contributed by atoms with Crippen molar-refractivity contribution in [2.24, 2.45) is 0 Å². The van der Waals surface area contributed by atoms with Crippen LogP contribution in [0.25, 0.3) is 0 Å². The molecule has 0 amide bonds. The van der Waals surface area contributed by atoms with E-state index in [-0.39, 0.29) is 0 Å². The zero-order valence-corrected chi connectivity index (χ0v) is 13.1. The first-order chi connectivity index (χ1) is 9.70. The molecular weight excluding hydrogens is 266 g/mol. The van der Waals surface area contributed by atoms with Gasteiger partial charge in [-0.2, -0.15) is 0 Å². The van der Waals surface area contributed by atoms with Crippen LogP contribution in [0.5, 0.6) is 0 Å². The molecule has 0 saturated carbocycles. The van der Waals surface area contributed by atoms with Gasteiger partial charge in [0.05, 0.1) is 0 Å². The van der Waals surface area contributed by atoms with Crippen LogP contribution >= 0.6 is 11.8 Å². The molecule has 0 saturated heterocycles. The van der Waals surface area contributed by atoms with Gasteiger partial charge in [-0.3, -0.25) is 0 Å². The third kappa shape index (κ3) is 3.97. The Morgan fingerprint density at radius 3 is 2.70 bits per heavy atom. The summed E-state index contributed by atoms with van der Waals surface area (Å²) in [6, 6.07) is 8.49. The maximum Gasteiger partial charge on any atom is 0.223 e. The van der Waals surface area contributed by atoms with Crippen molar-refractivity contribution >= 4 is 17.7 Å². The highest BCUT2D eigenvalue weighted by Gasteiger charge is 2.06. The van der Waals surface area contributed by atoms with Crippen molar-refractivity contribution in [3.63, 3.8) is 0 Å². The molecule has 1 aromatic heterocycles. The lowest BCUT2D eigenvalue weighted by Gasteiger charge is -2.09. The molecule has 1 aromatic carbocycles. The zero-order valence-electron chi connectivity index (χ0n) is 12.3. The minimum atomic E-state index is 0.727. The first-order valence-corrected chi connectivity index (χ1v) is 7.94. The Bertz CT molecular complexity index is 569. The summed E-state index contributed by atoms with van der Waals surface area (Å²) in [5.74, 6) is 1.67. The number of hydrogen-bond acceptors (Lipinski definition) is 4. The Morgan fingerprint density at radius 2 is 1.95 bits per heavy atom. The van der Waals surface area contributed by atoms with E-state index in [4.69, 9.17) is 0 Å². The van der Waals surface area contributed by atoms with Crippen LogP contribution in [0.1, 0.15) is 30.0 Å². The van der Waals surface area contributed by atoms with E-state index in [1.54, 1.807) is 11.8 Å². The standard InChI is InChI=1S/C16H21N3S/c1-4-9-17-16-18-10-13(3)15(19-16)20-11-14-8-6-5-7-12(14)2/h5-8,10H,4,9,11H2,1-3H3,(H,17,18,19). The normalized spacial score (nSPS) is 10.6. The van der Waals surface area contributed by atoms with Crippen molar-refractivity contribution in [3.05, 3.63) is 47.2 Å². The second kappa shape index (κ2) is 7.29. The van der Waals surface area contributed by atoms with Crippen molar-refractivity contribution in [3.8, 4) is 0 Å². The van der Waals surface area contributed by atoms with E-state index in [0.717, 1.165) is 35.3 Å². The molecule has 0 bridgehead atoms. The fourth-order valence-corrected chi connectivity index (χ4v) is 2.86. The number of thioether (sulfide) groups is 1. The lowest BCUT2D eigenvalue weighted by molar-refractivity contribution is 0.925. The quantitative estimate of drug-likeness (QED) is 0.638. The molecule has 0 unspecified atom stereocenters.